The maximum Gasteiger partial charge on any atom is 0.239 e. The highest BCUT2D eigenvalue weighted by Crippen LogP contribution is 2.40. The second kappa shape index (κ2) is 13.5. The summed E-state index contributed by atoms with van der Waals surface area (Å²) in [5.74, 6) is 2.45. The van der Waals surface area contributed by atoms with Crippen LogP contribution < -0.4 is 29.1 Å². The zero-order valence-corrected chi connectivity index (χ0v) is 26.4. The quantitative estimate of drug-likeness (QED) is 0.0767. The molecule has 0 spiro atoms. The van der Waals surface area contributed by atoms with Crippen molar-refractivity contribution < 1.29 is 37.7 Å². The number of hydrogen-bond acceptors (Lipinski definition) is 11. The SMILES string of the molecule is COc1cc(OC)c2c(=O)c(OCCSc3ccc(/C(C)=C4\SC(=O)CC4=O)cc3)c(-c3ccc(OC)c(OC)c3)oc2c1. The predicted octanol–water partition coefficient (Wildman–Crippen LogP) is 6.63. The van der Waals surface area contributed by atoms with E-state index in [4.69, 9.17) is 28.1 Å². The van der Waals surface area contributed by atoms with E-state index in [2.05, 4.69) is 0 Å². The van der Waals surface area contributed by atoms with Crippen molar-refractivity contribution in [1.82, 2.24) is 0 Å². The lowest BCUT2D eigenvalue weighted by Gasteiger charge is -2.15. The fraction of sp³-hybridized carbons (Fsp3) is 0.242. The average Bonchev–Trinajstić information content (AvgIpc) is 3.39. The van der Waals surface area contributed by atoms with Crippen molar-refractivity contribution in [1.29, 1.82) is 0 Å². The molecule has 1 aliphatic rings. The zero-order valence-electron chi connectivity index (χ0n) is 24.8. The molecular formula is C33H30O9S2. The smallest absolute Gasteiger partial charge is 0.239 e. The van der Waals surface area contributed by atoms with Crippen LogP contribution in [0.25, 0.3) is 27.9 Å². The van der Waals surface area contributed by atoms with E-state index in [1.807, 2.05) is 31.2 Å². The van der Waals surface area contributed by atoms with Gasteiger partial charge in [0.15, 0.2) is 23.0 Å². The highest BCUT2D eigenvalue weighted by Gasteiger charge is 2.28. The van der Waals surface area contributed by atoms with Crippen LogP contribution in [0.3, 0.4) is 0 Å². The average molecular weight is 635 g/mol. The molecule has 44 heavy (non-hydrogen) atoms. The van der Waals surface area contributed by atoms with Crippen LogP contribution in [0.15, 0.2) is 73.6 Å². The van der Waals surface area contributed by atoms with Gasteiger partial charge in [0.05, 0.1) is 46.4 Å². The van der Waals surface area contributed by atoms with Crippen LogP contribution in [0.2, 0.25) is 0 Å². The van der Waals surface area contributed by atoms with Gasteiger partial charge in [-0.15, -0.1) is 11.8 Å². The Morgan fingerprint density at radius 2 is 1.59 bits per heavy atom. The van der Waals surface area contributed by atoms with E-state index in [0.29, 0.717) is 39.2 Å². The topological polar surface area (TPSA) is 111 Å². The monoisotopic (exact) mass is 634 g/mol. The zero-order chi connectivity index (χ0) is 31.4. The van der Waals surface area contributed by atoms with Crippen LogP contribution >= 0.6 is 23.5 Å². The van der Waals surface area contributed by atoms with Gasteiger partial charge < -0.3 is 28.1 Å². The lowest BCUT2D eigenvalue weighted by molar-refractivity contribution is -0.119. The van der Waals surface area contributed by atoms with E-state index in [1.165, 1.54) is 21.3 Å². The molecule has 3 aromatic carbocycles. The Morgan fingerprint density at radius 3 is 2.23 bits per heavy atom. The van der Waals surface area contributed by atoms with Gasteiger partial charge in [0.25, 0.3) is 0 Å². The molecule has 5 rings (SSSR count). The van der Waals surface area contributed by atoms with Gasteiger partial charge in [0.1, 0.15) is 22.5 Å². The van der Waals surface area contributed by atoms with Crippen LogP contribution in [-0.4, -0.2) is 51.7 Å². The Labute approximate surface area is 262 Å². The summed E-state index contributed by atoms with van der Waals surface area (Å²) in [6, 6.07) is 16.2. The number of rotatable bonds is 11. The van der Waals surface area contributed by atoms with E-state index in [0.717, 1.165) is 27.8 Å². The summed E-state index contributed by atoms with van der Waals surface area (Å²) in [5, 5.41) is 0.116. The number of carbonyl (C=O) groups excluding carboxylic acids is 2. The first-order chi connectivity index (χ1) is 21.3. The van der Waals surface area contributed by atoms with Gasteiger partial charge in [0.2, 0.25) is 16.3 Å². The molecule has 4 aromatic rings. The molecule has 0 radical (unpaired) electrons. The third-order valence-corrected chi connectivity index (χ3v) is 9.08. The first-order valence-electron chi connectivity index (χ1n) is 13.5. The van der Waals surface area contributed by atoms with Crippen molar-refractivity contribution >= 4 is 51.0 Å². The van der Waals surface area contributed by atoms with Crippen molar-refractivity contribution in [2.24, 2.45) is 0 Å². The standard InChI is InChI=1S/C33H30O9S2/c1-18(33-23(34)17-28(35)44-33)19-6-9-22(10-7-19)43-13-12-41-32-30(36)29-26(40-5)15-21(37-2)16-27(29)42-31(32)20-8-11-24(38-3)25(14-20)39-4/h6-11,14-16H,12-13,17H2,1-5H3/b33-18-. The fourth-order valence-electron chi connectivity index (χ4n) is 4.76. The fourth-order valence-corrected chi connectivity index (χ4v) is 6.38. The van der Waals surface area contributed by atoms with Gasteiger partial charge in [-0.1, -0.05) is 12.1 Å². The molecule has 0 amide bonds. The summed E-state index contributed by atoms with van der Waals surface area (Å²) >= 11 is 2.56. The molecule has 228 valence electrons. The predicted molar refractivity (Wildman–Crippen MR) is 172 cm³/mol. The molecule has 9 nitrogen and oxygen atoms in total. The van der Waals surface area contributed by atoms with Crippen LogP contribution in [0, 0.1) is 0 Å². The molecule has 0 unspecified atom stereocenters. The van der Waals surface area contributed by atoms with Crippen molar-refractivity contribution in [3.63, 3.8) is 0 Å². The first-order valence-corrected chi connectivity index (χ1v) is 15.3. The highest BCUT2D eigenvalue weighted by molar-refractivity contribution is 8.18. The van der Waals surface area contributed by atoms with Crippen LogP contribution in [0.4, 0.5) is 0 Å². The summed E-state index contributed by atoms with van der Waals surface area (Å²) in [7, 11) is 6.07. The lowest BCUT2D eigenvalue weighted by atomic mass is 10.1. The summed E-state index contributed by atoms with van der Waals surface area (Å²) in [6.07, 6.45) is -0.0461. The van der Waals surface area contributed by atoms with Gasteiger partial charge in [-0.2, -0.15) is 0 Å². The summed E-state index contributed by atoms with van der Waals surface area (Å²) in [5.41, 5.74) is 2.14. The molecule has 1 fully saturated rings. The largest absolute Gasteiger partial charge is 0.496 e. The molecule has 0 aliphatic carbocycles. The van der Waals surface area contributed by atoms with Crippen LogP contribution in [-0.2, 0) is 9.59 Å². The van der Waals surface area contributed by atoms with Crippen molar-refractivity contribution in [2.75, 3.05) is 40.8 Å². The van der Waals surface area contributed by atoms with Crippen LogP contribution in [0.5, 0.6) is 28.7 Å². The number of methoxy groups -OCH3 is 4. The maximum atomic E-state index is 13.9. The van der Waals surface area contributed by atoms with Gasteiger partial charge >= 0.3 is 0 Å². The Morgan fingerprint density at radius 1 is 0.864 bits per heavy atom. The lowest BCUT2D eigenvalue weighted by Crippen LogP contribution is -2.13. The summed E-state index contributed by atoms with van der Waals surface area (Å²) < 4.78 is 34.1. The second-order valence-electron chi connectivity index (χ2n) is 9.61. The number of ketones is 1. The third-order valence-electron chi connectivity index (χ3n) is 6.99. The van der Waals surface area contributed by atoms with E-state index < -0.39 is 0 Å². The number of fused-ring (bicyclic) bond motifs is 1. The van der Waals surface area contributed by atoms with Gasteiger partial charge in [-0.25, -0.2) is 0 Å². The number of hydrogen-bond donors (Lipinski definition) is 0. The summed E-state index contributed by atoms with van der Waals surface area (Å²) in [4.78, 5) is 39.1. The molecule has 2 heterocycles. The normalized spacial score (nSPS) is 14.1. The van der Waals surface area contributed by atoms with Crippen molar-refractivity contribution in [2.45, 2.75) is 18.2 Å². The Kier molecular flexibility index (Phi) is 9.55. The molecule has 0 bridgehead atoms. The number of benzene rings is 3. The van der Waals surface area contributed by atoms with E-state index in [1.54, 1.807) is 49.2 Å². The number of Topliss-reactive ketones (excluding diaryl/α,β-unsaturated/α-hetero) is 1. The van der Waals surface area contributed by atoms with Crippen molar-refractivity contribution in [3.8, 4) is 40.1 Å². The minimum atomic E-state index is -0.383. The molecule has 1 aliphatic heterocycles. The van der Waals surface area contributed by atoms with E-state index in [-0.39, 0.29) is 51.8 Å². The molecular weight excluding hydrogens is 604 g/mol. The maximum absolute atomic E-state index is 13.9. The number of carbonyl (C=O) groups is 2. The molecule has 0 atom stereocenters. The molecule has 1 aromatic heterocycles. The Hall–Kier alpha value is -4.35. The number of ether oxygens (including phenoxy) is 5. The molecule has 1 saturated heterocycles. The number of allylic oxidation sites excluding steroid dienone is 2. The van der Waals surface area contributed by atoms with Crippen molar-refractivity contribution in [3.05, 3.63) is 75.3 Å². The highest BCUT2D eigenvalue weighted by atomic mass is 32.2. The minimum absolute atomic E-state index is 0.0414. The van der Waals surface area contributed by atoms with Gasteiger partial charge in [0, 0.05) is 28.3 Å². The Bertz CT molecular complexity index is 1820. The number of thioether (sulfide) groups is 2. The molecule has 0 saturated carbocycles. The Balaban J connectivity index is 1.41. The third kappa shape index (κ3) is 6.29. The minimum Gasteiger partial charge on any atom is -0.496 e. The molecule has 0 N–H and O–H groups in total. The van der Waals surface area contributed by atoms with E-state index >= 15 is 0 Å². The van der Waals surface area contributed by atoms with Gasteiger partial charge in [-0.05, 0) is 60.2 Å². The van der Waals surface area contributed by atoms with E-state index in [9.17, 15) is 14.4 Å². The first kappa shape index (κ1) is 31.1. The second-order valence-corrected chi connectivity index (χ2v) is 11.8. The summed E-state index contributed by atoms with van der Waals surface area (Å²) in [6.45, 7) is 2.06. The van der Waals surface area contributed by atoms with Gasteiger partial charge in [-0.3, -0.25) is 14.4 Å². The molecule has 11 heteroatoms. The van der Waals surface area contributed by atoms with Crippen LogP contribution in [0.1, 0.15) is 18.9 Å².